The number of nitrogens with zero attached hydrogens (tertiary/aromatic N) is 2. The summed E-state index contributed by atoms with van der Waals surface area (Å²) in [6, 6.07) is 0. The summed E-state index contributed by atoms with van der Waals surface area (Å²) in [6.07, 6.45) is 5.75. The van der Waals surface area contributed by atoms with Crippen molar-refractivity contribution in [1.29, 1.82) is 0 Å². The van der Waals surface area contributed by atoms with Crippen LogP contribution in [0.5, 0.6) is 0 Å². The van der Waals surface area contributed by atoms with Gasteiger partial charge in [0.05, 0.1) is 18.9 Å². The average Bonchev–Trinajstić information content (AvgIpc) is 2.78. The third-order valence-electron chi connectivity index (χ3n) is 2.90. The highest BCUT2D eigenvalue weighted by atomic mass is 35.5. The molecular weight excluding hydrogens is 242 g/mol. The number of carbonyl (C=O) groups excluding carboxylic acids is 1. The third-order valence-corrected chi connectivity index (χ3v) is 2.90. The van der Waals surface area contributed by atoms with Crippen LogP contribution in [-0.4, -0.2) is 35.9 Å². The maximum absolute atomic E-state index is 11.2. The number of esters is 1. The van der Waals surface area contributed by atoms with Crippen LogP contribution in [0.15, 0.2) is 12.4 Å². The Kier molecular flexibility index (Phi) is 5.44. The van der Waals surface area contributed by atoms with Gasteiger partial charge in [-0.15, -0.1) is 12.4 Å². The summed E-state index contributed by atoms with van der Waals surface area (Å²) < 4.78 is 6.46. The summed E-state index contributed by atoms with van der Waals surface area (Å²) in [4.78, 5) is 11.2. The molecule has 0 radical (unpaired) electrons. The maximum atomic E-state index is 11.2. The molecule has 1 aromatic rings. The van der Waals surface area contributed by atoms with Crippen LogP contribution in [0.25, 0.3) is 0 Å². The van der Waals surface area contributed by atoms with Gasteiger partial charge < -0.3 is 10.1 Å². The van der Waals surface area contributed by atoms with Crippen LogP contribution in [0.3, 0.4) is 0 Å². The molecule has 1 aliphatic heterocycles. The first kappa shape index (κ1) is 14.0. The van der Waals surface area contributed by atoms with Gasteiger partial charge in [0.15, 0.2) is 0 Å². The summed E-state index contributed by atoms with van der Waals surface area (Å²) in [5.41, 5.74) is 0.520. The van der Waals surface area contributed by atoms with Crippen molar-refractivity contribution in [3.05, 3.63) is 18.0 Å². The van der Waals surface area contributed by atoms with Crippen molar-refractivity contribution in [2.75, 3.05) is 20.2 Å². The Morgan fingerprint density at radius 3 is 3.18 bits per heavy atom. The van der Waals surface area contributed by atoms with E-state index in [-0.39, 0.29) is 18.4 Å². The zero-order chi connectivity index (χ0) is 11.4. The number of hydrogen-bond acceptors (Lipinski definition) is 4. The van der Waals surface area contributed by atoms with E-state index in [4.69, 9.17) is 0 Å². The molecule has 2 heterocycles. The summed E-state index contributed by atoms with van der Waals surface area (Å²) in [7, 11) is 1.38. The van der Waals surface area contributed by atoms with E-state index >= 15 is 0 Å². The second-order valence-corrected chi connectivity index (χ2v) is 4.16. The Balaban J connectivity index is 0.00000144. The predicted molar refractivity (Wildman–Crippen MR) is 66.4 cm³/mol. The molecule has 1 aromatic heterocycles. The van der Waals surface area contributed by atoms with Crippen molar-refractivity contribution in [2.24, 2.45) is 5.92 Å². The lowest BCUT2D eigenvalue weighted by atomic mass is 10.00. The number of ether oxygens (including phenoxy) is 1. The van der Waals surface area contributed by atoms with E-state index in [1.165, 1.54) is 20.0 Å². The normalized spacial score (nSPS) is 19.5. The number of rotatable bonds is 3. The predicted octanol–water partition coefficient (Wildman–Crippen LogP) is 1.09. The van der Waals surface area contributed by atoms with E-state index in [2.05, 4.69) is 15.2 Å². The molecule has 0 amide bonds. The van der Waals surface area contributed by atoms with Crippen LogP contribution in [0.4, 0.5) is 0 Å². The van der Waals surface area contributed by atoms with Crippen molar-refractivity contribution in [3.63, 3.8) is 0 Å². The topological polar surface area (TPSA) is 56.1 Å². The van der Waals surface area contributed by atoms with Gasteiger partial charge in [0, 0.05) is 12.7 Å². The minimum absolute atomic E-state index is 0. The van der Waals surface area contributed by atoms with Crippen LogP contribution in [0.1, 0.15) is 23.2 Å². The quantitative estimate of drug-likeness (QED) is 0.826. The van der Waals surface area contributed by atoms with Crippen molar-refractivity contribution >= 4 is 18.4 Å². The molecule has 0 unspecified atom stereocenters. The van der Waals surface area contributed by atoms with Gasteiger partial charge in [-0.05, 0) is 31.8 Å². The number of nitrogens with one attached hydrogen (secondary N) is 1. The number of carbonyl (C=O) groups is 1. The van der Waals surface area contributed by atoms with Crippen molar-refractivity contribution in [1.82, 2.24) is 15.1 Å². The second kappa shape index (κ2) is 6.61. The van der Waals surface area contributed by atoms with Gasteiger partial charge in [-0.3, -0.25) is 4.68 Å². The first-order valence-electron chi connectivity index (χ1n) is 5.61. The molecule has 1 N–H and O–H groups in total. The fourth-order valence-corrected chi connectivity index (χ4v) is 2.03. The van der Waals surface area contributed by atoms with Crippen molar-refractivity contribution < 1.29 is 9.53 Å². The fourth-order valence-electron chi connectivity index (χ4n) is 2.03. The van der Waals surface area contributed by atoms with E-state index in [0.717, 1.165) is 19.6 Å². The third kappa shape index (κ3) is 3.71. The minimum atomic E-state index is -0.326. The molecule has 0 saturated carbocycles. The van der Waals surface area contributed by atoms with Gasteiger partial charge in [-0.2, -0.15) is 5.10 Å². The van der Waals surface area contributed by atoms with E-state index in [1.807, 2.05) is 4.68 Å². The first-order chi connectivity index (χ1) is 7.79. The molecule has 2 rings (SSSR count). The first-order valence-corrected chi connectivity index (χ1v) is 5.61. The average molecular weight is 260 g/mol. The van der Waals surface area contributed by atoms with Gasteiger partial charge in [0.2, 0.25) is 0 Å². The lowest BCUT2D eigenvalue weighted by Crippen LogP contribution is -2.32. The van der Waals surface area contributed by atoms with Crippen LogP contribution >= 0.6 is 12.4 Å². The van der Waals surface area contributed by atoms with E-state index in [1.54, 1.807) is 12.4 Å². The van der Waals surface area contributed by atoms with Gasteiger partial charge in [0.1, 0.15) is 0 Å². The second-order valence-electron chi connectivity index (χ2n) is 4.16. The van der Waals surface area contributed by atoms with Crippen LogP contribution in [0, 0.1) is 5.92 Å². The molecular formula is C11H18ClN3O2. The Labute approximate surface area is 107 Å². The summed E-state index contributed by atoms with van der Waals surface area (Å²) in [6.45, 7) is 3.01. The number of hydrogen-bond donors (Lipinski definition) is 1. The summed E-state index contributed by atoms with van der Waals surface area (Å²) in [5, 5.41) is 7.53. The Morgan fingerprint density at radius 1 is 1.71 bits per heavy atom. The van der Waals surface area contributed by atoms with Crippen molar-refractivity contribution in [3.8, 4) is 0 Å². The lowest BCUT2D eigenvalue weighted by Gasteiger charge is -2.22. The Morgan fingerprint density at radius 2 is 2.53 bits per heavy atom. The lowest BCUT2D eigenvalue weighted by molar-refractivity contribution is 0.0600. The van der Waals surface area contributed by atoms with E-state index in [9.17, 15) is 4.79 Å². The van der Waals surface area contributed by atoms with Gasteiger partial charge in [-0.1, -0.05) is 0 Å². The molecule has 0 bridgehead atoms. The zero-order valence-electron chi connectivity index (χ0n) is 9.89. The Bertz CT molecular complexity index is 361. The number of piperidine rings is 1. The number of halogens is 1. The van der Waals surface area contributed by atoms with Crippen LogP contribution in [0.2, 0.25) is 0 Å². The molecule has 1 fully saturated rings. The molecule has 1 saturated heterocycles. The fraction of sp³-hybridized carbons (Fsp3) is 0.636. The molecule has 6 heteroatoms. The minimum Gasteiger partial charge on any atom is -0.465 e. The van der Waals surface area contributed by atoms with Gasteiger partial charge in [-0.25, -0.2) is 4.79 Å². The van der Waals surface area contributed by atoms with Crippen LogP contribution < -0.4 is 5.32 Å². The molecule has 0 aromatic carbocycles. The van der Waals surface area contributed by atoms with E-state index < -0.39 is 0 Å². The zero-order valence-corrected chi connectivity index (χ0v) is 10.7. The molecule has 0 spiro atoms. The molecule has 1 aliphatic rings. The molecule has 5 nitrogen and oxygen atoms in total. The Hall–Kier alpha value is -1.07. The number of aromatic nitrogens is 2. The SMILES string of the molecule is COC(=O)c1cnn(C[C@H]2CCCNC2)c1.Cl. The highest BCUT2D eigenvalue weighted by Crippen LogP contribution is 2.12. The molecule has 0 aliphatic carbocycles. The molecule has 96 valence electrons. The molecule has 1 atom stereocenters. The summed E-state index contributed by atoms with van der Waals surface area (Å²) >= 11 is 0. The van der Waals surface area contributed by atoms with Crippen LogP contribution in [-0.2, 0) is 11.3 Å². The monoisotopic (exact) mass is 259 g/mol. The highest BCUT2D eigenvalue weighted by Gasteiger charge is 2.15. The van der Waals surface area contributed by atoms with Crippen molar-refractivity contribution in [2.45, 2.75) is 19.4 Å². The van der Waals surface area contributed by atoms with Gasteiger partial charge in [0.25, 0.3) is 0 Å². The highest BCUT2D eigenvalue weighted by molar-refractivity contribution is 5.88. The van der Waals surface area contributed by atoms with E-state index in [0.29, 0.717) is 11.5 Å². The smallest absolute Gasteiger partial charge is 0.341 e. The summed E-state index contributed by atoms with van der Waals surface area (Å²) in [5.74, 6) is 0.284. The largest absolute Gasteiger partial charge is 0.465 e. The van der Waals surface area contributed by atoms with Gasteiger partial charge >= 0.3 is 5.97 Å². The molecule has 17 heavy (non-hydrogen) atoms. The number of methoxy groups -OCH3 is 1. The standard InChI is InChI=1S/C11H17N3O2.ClH/c1-16-11(15)10-6-13-14(8-10)7-9-3-2-4-12-5-9;/h6,8-9,12H,2-5,7H2,1H3;1H/t9-;/m0./s1. The maximum Gasteiger partial charge on any atom is 0.341 e.